The molecule has 2 rings (SSSR count). The lowest BCUT2D eigenvalue weighted by Gasteiger charge is -2.13. The molecule has 0 aliphatic rings. The van der Waals surface area contributed by atoms with Gasteiger partial charge in [-0.3, -0.25) is 4.68 Å². The maximum absolute atomic E-state index is 12.0. The lowest BCUT2D eigenvalue weighted by atomic mass is 10.3. The first kappa shape index (κ1) is 14.7. The minimum atomic E-state index is -3.45. The Morgan fingerprint density at radius 2 is 2.20 bits per heavy atom. The van der Waals surface area contributed by atoms with E-state index in [9.17, 15) is 8.42 Å². The highest BCUT2D eigenvalue weighted by atomic mass is 32.2. The molecule has 2 heterocycles. The van der Waals surface area contributed by atoms with Crippen LogP contribution in [0, 0.1) is 13.8 Å². The Morgan fingerprint density at radius 3 is 2.75 bits per heavy atom. The first-order chi connectivity index (χ1) is 9.35. The van der Waals surface area contributed by atoms with E-state index in [-0.39, 0.29) is 11.8 Å². The van der Waals surface area contributed by atoms with E-state index in [1.807, 2.05) is 13.1 Å². The quantitative estimate of drug-likeness (QED) is 0.859. The van der Waals surface area contributed by atoms with Crippen LogP contribution in [-0.4, -0.2) is 29.4 Å². The average Bonchev–Trinajstić information content (AvgIpc) is 2.87. The van der Waals surface area contributed by atoms with Gasteiger partial charge in [0.15, 0.2) is 0 Å². The Bertz CT molecular complexity index is 674. The highest BCUT2D eigenvalue weighted by molar-refractivity contribution is 7.88. The Hall–Kier alpha value is -1.67. The fourth-order valence-corrected chi connectivity index (χ4v) is 3.27. The zero-order chi connectivity index (χ0) is 14.8. The summed E-state index contributed by atoms with van der Waals surface area (Å²) in [4.78, 5) is 0. The number of hydrogen-bond donors (Lipinski definition) is 1. The Balaban J connectivity index is 1.96. The highest BCUT2D eigenvalue weighted by Crippen LogP contribution is 2.09. The van der Waals surface area contributed by atoms with E-state index in [1.54, 1.807) is 24.7 Å². The third kappa shape index (κ3) is 3.91. The first-order valence-corrected chi connectivity index (χ1v) is 7.90. The molecule has 0 spiro atoms. The molecule has 20 heavy (non-hydrogen) atoms. The molecule has 0 amide bonds. The van der Waals surface area contributed by atoms with Crippen molar-refractivity contribution in [3.63, 3.8) is 0 Å². The van der Waals surface area contributed by atoms with Crippen LogP contribution in [0.5, 0.6) is 0 Å². The predicted molar refractivity (Wildman–Crippen MR) is 73.4 cm³/mol. The van der Waals surface area contributed by atoms with Crippen LogP contribution in [0.15, 0.2) is 23.2 Å². The van der Waals surface area contributed by atoms with Crippen molar-refractivity contribution in [2.45, 2.75) is 39.1 Å². The second-order valence-corrected chi connectivity index (χ2v) is 6.72. The topological polar surface area (TPSA) is 90.0 Å². The Kier molecular flexibility index (Phi) is 4.24. The van der Waals surface area contributed by atoms with Crippen LogP contribution in [0.3, 0.4) is 0 Å². The molecule has 0 radical (unpaired) electrons. The summed E-state index contributed by atoms with van der Waals surface area (Å²) < 4.78 is 33.1. The summed E-state index contributed by atoms with van der Waals surface area (Å²) in [6, 6.07) is -0.258. The van der Waals surface area contributed by atoms with E-state index in [0.717, 1.165) is 11.1 Å². The van der Waals surface area contributed by atoms with E-state index in [4.69, 9.17) is 4.52 Å². The molecule has 110 valence electrons. The number of hydrogen-bond acceptors (Lipinski definition) is 5. The van der Waals surface area contributed by atoms with Crippen molar-refractivity contribution in [3.05, 3.63) is 35.5 Å². The van der Waals surface area contributed by atoms with Crippen molar-refractivity contribution >= 4 is 10.0 Å². The van der Waals surface area contributed by atoms with Gasteiger partial charge >= 0.3 is 0 Å². The van der Waals surface area contributed by atoms with Crippen molar-refractivity contribution in [2.75, 3.05) is 0 Å². The normalized spacial score (nSPS) is 13.6. The molecule has 0 saturated carbocycles. The smallest absolute Gasteiger partial charge is 0.217 e. The largest absolute Gasteiger partial charge is 0.364 e. The van der Waals surface area contributed by atoms with Crippen LogP contribution in [0.2, 0.25) is 0 Å². The summed E-state index contributed by atoms with van der Waals surface area (Å²) >= 11 is 0. The van der Waals surface area contributed by atoms with E-state index < -0.39 is 10.0 Å². The van der Waals surface area contributed by atoms with Gasteiger partial charge in [0.05, 0.1) is 12.7 Å². The SMILES string of the molecule is Cc1cnn(CC(C)NS(=O)(=O)Cc2nocc2C)c1. The number of nitrogens with one attached hydrogen (secondary N) is 1. The van der Waals surface area contributed by atoms with Crippen LogP contribution in [0.1, 0.15) is 23.7 Å². The van der Waals surface area contributed by atoms with E-state index in [2.05, 4.69) is 15.0 Å². The fourth-order valence-electron chi connectivity index (χ4n) is 1.86. The highest BCUT2D eigenvalue weighted by Gasteiger charge is 2.19. The molecule has 0 aromatic carbocycles. The number of aryl methyl sites for hydroxylation is 2. The molecule has 8 heteroatoms. The van der Waals surface area contributed by atoms with Crippen LogP contribution in [0.4, 0.5) is 0 Å². The second-order valence-electron chi connectivity index (χ2n) is 4.96. The summed E-state index contributed by atoms with van der Waals surface area (Å²) in [6.07, 6.45) is 5.04. The van der Waals surface area contributed by atoms with Gasteiger partial charge in [-0.05, 0) is 26.3 Å². The second kappa shape index (κ2) is 5.76. The molecule has 0 aliphatic carbocycles. The van der Waals surface area contributed by atoms with Gasteiger partial charge in [-0.1, -0.05) is 5.16 Å². The average molecular weight is 298 g/mol. The Morgan fingerprint density at radius 1 is 1.45 bits per heavy atom. The summed E-state index contributed by atoms with van der Waals surface area (Å²) in [5.74, 6) is -0.183. The lowest BCUT2D eigenvalue weighted by molar-refractivity contribution is 0.413. The van der Waals surface area contributed by atoms with Crippen molar-refractivity contribution in [1.82, 2.24) is 19.7 Å². The molecule has 0 saturated heterocycles. The van der Waals surface area contributed by atoms with Gasteiger partial charge in [0, 0.05) is 17.8 Å². The minimum Gasteiger partial charge on any atom is -0.364 e. The van der Waals surface area contributed by atoms with E-state index >= 15 is 0 Å². The van der Waals surface area contributed by atoms with Gasteiger partial charge < -0.3 is 4.52 Å². The van der Waals surface area contributed by atoms with Crippen LogP contribution in [-0.2, 0) is 22.3 Å². The molecule has 0 bridgehead atoms. The molecule has 1 unspecified atom stereocenters. The predicted octanol–water partition coefficient (Wildman–Crippen LogP) is 0.996. The number of sulfonamides is 1. The van der Waals surface area contributed by atoms with Gasteiger partial charge in [-0.15, -0.1) is 0 Å². The molecule has 1 atom stereocenters. The maximum Gasteiger partial charge on any atom is 0.217 e. The number of nitrogens with zero attached hydrogens (tertiary/aromatic N) is 3. The molecule has 1 N–H and O–H groups in total. The third-order valence-corrected chi connectivity index (χ3v) is 4.19. The molecule has 2 aromatic heterocycles. The first-order valence-electron chi connectivity index (χ1n) is 6.24. The number of aromatic nitrogens is 3. The maximum atomic E-state index is 12.0. The lowest BCUT2D eigenvalue weighted by Crippen LogP contribution is -2.36. The molecular formula is C12H18N4O3S. The monoisotopic (exact) mass is 298 g/mol. The standard InChI is InChI=1S/C12H18N4O3S/c1-9-4-13-16(5-9)6-11(3)15-20(17,18)8-12-10(2)7-19-14-12/h4-5,7,11,15H,6,8H2,1-3H3. The van der Waals surface area contributed by atoms with Crippen molar-refractivity contribution in [3.8, 4) is 0 Å². The van der Waals surface area contributed by atoms with Gasteiger partial charge in [-0.25, -0.2) is 13.1 Å². The summed E-state index contributed by atoms with van der Waals surface area (Å²) in [7, 11) is -3.45. The van der Waals surface area contributed by atoms with Gasteiger partial charge in [0.2, 0.25) is 10.0 Å². The summed E-state index contributed by atoms with van der Waals surface area (Å²) in [5, 5.41) is 7.81. The fraction of sp³-hybridized carbons (Fsp3) is 0.500. The molecule has 7 nitrogen and oxygen atoms in total. The van der Waals surface area contributed by atoms with Gasteiger partial charge in [0.1, 0.15) is 17.7 Å². The third-order valence-electron chi connectivity index (χ3n) is 2.78. The van der Waals surface area contributed by atoms with E-state index in [0.29, 0.717) is 12.2 Å². The molecule has 0 aliphatic heterocycles. The van der Waals surface area contributed by atoms with E-state index in [1.165, 1.54) is 6.26 Å². The van der Waals surface area contributed by atoms with Gasteiger partial charge in [0.25, 0.3) is 0 Å². The summed E-state index contributed by atoms with van der Waals surface area (Å²) in [5.41, 5.74) is 2.20. The zero-order valence-corrected chi connectivity index (χ0v) is 12.5. The molecular weight excluding hydrogens is 280 g/mol. The van der Waals surface area contributed by atoms with Crippen molar-refractivity contribution in [1.29, 1.82) is 0 Å². The number of rotatable bonds is 6. The van der Waals surface area contributed by atoms with Crippen molar-refractivity contribution in [2.24, 2.45) is 0 Å². The minimum absolute atomic E-state index is 0.183. The van der Waals surface area contributed by atoms with Crippen LogP contribution < -0.4 is 4.72 Å². The molecule has 0 fully saturated rings. The van der Waals surface area contributed by atoms with Crippen LogP contribution in [0.25, 0.3) is 0 Å². The Labute approximate surface area is 118 Å². The van der Waals surface area contributed by atoms with Gasteiger partial charge in [-0.2, -0.15) is 5.10 Å². The molecule has 2 aromatic rings. The van der Waals surface area contributed by atoms with Crippen LogP contribution >= 0.6 is 0 Å². The summed E-state index contributed by atoms with van der Waals surface area (Å²) in [6.45, 7) is 5.97. The van der Waals surface area contributed by atoms with Crippen molar-refractivity contribution < 1.29 is 12.9 Å². The zero-order valence-electron chi connectivity index (χ0n) is 11.7.